The molecule has 1 saturated carbocycles. The molecule has 2 saturated heterocycles. The van der Waals surface area contributed by atoms with E-state index in [9.17, 15) is 14.0 Å². The number of rotatable bonds is 8. The van der Waals surface area contributed by atoms with E-state index in [1.54, 1.807) is 22.2 Å². The van der Waals surface area contributed by atoms with Crippen molar-refractivity contribution in [3.05, 3.63) is 65.6 Å². The first kappa shape index (κ1) is 34.0. The smallest absolute Gasteiger partial charge is 0.410 e. The second-order valence-electron chi connectivity index (χ2n) is 15.2. The van der Waals surface area contributed by atoms with E-state index in [1.165, 1.54) is 24.5 Å². The van der Waals surface area contributed by atoms with Gasteiger partial charge in [0.2, 0.25) is 0 Å². The summed E-state index contributed by atoms with van der Waals surface area (Å²) in [6.45, 7) is 13.0. The lowest BCUT2D eigenvalue weighted by Crippen LogP contribution is -2.65. The van der Waals surface area contributed by atoms with Crippen molar-refractivity contribution in [2.24, 2.45) is 5.41 Å². The predicted molar refractivity (Wildman–Crippen MR) is 182 cm³/mol. The second kappa shape index (κ2) is 13.3. The molecule has 50 heavy (non-hydrogen) atoms. The van der Waals surface area contributed by atoms with E-state index in [1.807, 2.05) is 40.7 Å². The molecule has 266 valence electrons. The van der Waals surface area contributed by atoms with Gasteiger partial charge in [0.05, 0.1) is 36.6 Å². The number of nitrogens with zero attached hydrogens (tertiary/aromatic N) is 6. The minimum atomic E-state index is -0.565. The van der Waals surface area contributed by atoms with E-state index in [4.69, 9.17) is 18.9 Å². The molecule has 5 heterocycles. The number of halogens is 1. The van der Waals surface area contributed by atoms with Crippen LogP contribution < -0.4 is 14.4 Å². The predicted octanol–water partition coefficient (Wildman–Crippen LogP) is 5.78. The van der Waals surface area contributed by atoms with E-state index < -0.39 is 11.4 Å². The van der Waals surface area contributed by atoms with E-state index in [2.05, 4.69) is 19.9 Å². The van der Waals surface area contributed by atoms with Crippen LogP contribution in [-0.4, -0.2) is 93.4 Å². The van der Waals surface area contributed by atoms with Crippen molar-refractivity contribution in [2.75, 3.05) is 37.7 Å². The van der Waals surface area contributed by atoms with Gasteiger partial charge in [-0.2, -0.15) is 0 Å². The Balaban J connectivity index is 0.999. The maximum absolute atomic E-state index is 14.5. The van der Waals surface area contributed by atoms with Gasteiger partial charge in [-0.1, -0.05) is 0 Å². The van der Waals surface area contributed by atoms with Crippen LogP contribution in [-0.2, 0) is 22.4 Å². The summed E-state index contributed by atoms with van der Waals surface area (Å²) in [6, 6.07) is 5.70. The summed E-state index contributed by atoms with van der Waals surface area (Å²) in [5.74, 6) is 1.21. The number of carbonyl (C=O) groups is 2. The van der Waals surface area contributed by atoms with Crippen LogP contribution in [0.1, 0.15) is 75.5 Å². The van der Waals surface area contributed by atoms with E-state index in [0.717, 1.165) is 49.4 Å². The first-order valence-corrected chi connectivity index (χ1v) is 17.4. The maximum atomic E-state index is 14.5. The molecule has 3 aliphatic heterocycles. The number of carbonyl (C=O) groups excluding carboxylic acids is 2. The molecular weight excluding hydrogens is 643 g/mol. The van der Waals surface area contributed by atoms with Gasteiger partial charge in [0.15, 0.2) is 11.6 Å². The SMILES string of the molecule is CC(C)N(C(=O)c1cc(F)ccc1Oc1cncnc1N1CC2(CC(Oc3ccnc4c3CN(C(=O)OC(C)(C)C)CC4)C2)C1)[C@H]1CCOC1. The average Bonchev–Trinajstić information content (AvgIpc) is 3.56. The lowest BCUT2D eigenvalue weighted by molar-refractivity contribution is -0.0353. The summed E-state index contributed by atoms with van der Waals surface area (Å²) in [4.78, 5) is 45.5. The minimum absolute atomic E-state index is 0.0450. The topological polar surface area (TPSA) is 119 Å². The van der Waals surface area contributed by atoms with Gasteiger partial charge in [0, 0.05) is 55.9 Å². The molecule has 0 radical (unpaired) electrons. The molecule has 1 atom stereocenters. The Bertz CT molecular complexity index is 1740. The molecule has 0 N–H and O–H groups in total. The molecule has 4 aliphatic rings. The van der Waals surface area contributed by atoms with Crippen LogP contribution in [0, 0.1) is 11.2 Å². The fraction of sp³-hybridized carbons (Fsp3) is 0.541. The number of amides is 2. The molecule has 2 amide bonds. The van der Waals surface area contributed by atoms with Crippen LogP contribution in [0.3, 0.4) is 0 Å². The van der Waals surface area contributed by atoms with Gasteiger partial charge in [-0.05, 0) is 78.1 Å². The Morgan fingerprint density at radius 1 is 1.10 bits per heavy atom. The molecule has 12 nitrogen and oxygen atoms in total. The number of benzene rings is 1. The van der Waals surface area contributed by atoms with Gasteiger partial charge < -0.3 is 33.6 Å². The van der Waals surface area contributed by atoms with Gasteiger partial charge in [0.1, 0.15) is 35.3 Å². The number of hydrogen-bond donors (Lipinski definition) is 0. The van der Waals surface area contributed by atoms with E-state index >= 15 is 0 Å². The fourth-order valence-corrected chi connectivity index (χ4v) is 7.54. The monoisotopic (exact) mass is 688 g/mol. The number of hydrogen-bond acceptors (Lipinski definition) is 10. The third kappa shape index (κ3) is 6.92. The van der Waals surface area contributed by atoms with Crippen LogP contribution in [0.4, 0.5) is 15.0 Å². The van der Waals surface area contributed by atoms with E-state index in [0.29, 0.717) is 44.3 Å². The van der Waals surface area contributed by atoms with Crippen molar-refractivity contribution in [2.45, 2.75) is 90.6 Å². The Morgan fingerprint density at radius 3 is 2.62 bits per heavy atom. The quantitative estimate of drug-likeness (QED) is 0.288. The van der Waals surface area contributed by atoms with Crippen molar-refractivity contribution in [1.82, 2.24) is 24.8 Å². The molecule has 3 aromatic rings. The minimum Gasteiger partial charge on any atom is -0.490 e. The molecule has 0 bridgehead atoms. The van der Waals surface area contributed by atoms with Crippen molar-refractivity contribution in [1.29, 1.82) is 0 Å². The highest BCUT2D eigenvalue weighted by Gasteiger charge is 2.54. The molecule has 0 unspecified atom stereocenters. The molecule has 13 heteroatoms. The zero-order valence-electron chi connectivity index (χ0n) is 29.4. The van der Waals surface area contributed by atoms with Crippen molar-refractivity contribution in [3.63, 3.8) is 0 Å². The number of pyridine rings is 1. The normalized spacial score (nSPS) is 19.9. The van der Waals surface area contributed by atoms with Gasteiger partial charge in [-0.15, -0.1) is 0 Å². The Morgan fingerprint density at radius 2 is 1.90 bits per heavy atom. The van der Waals surface area contributed by atoms with Crippen molar-refractivity contribution < 1.29 is 32.9 Å². The highest BCUT2D eigenvalue weighted by molar-refractivity contribution is 5.97. The molecule has 1 spiro atoms. The van der Waals surface area contributed by atoms with Crippen molar-refractivity contribution in [3.8, 4) is 17.2 Å². The van der Waals surface area contributed by atoms with Gasteiger partial charge in [-0.25, -0.2) is 19.2 Å². The summed E-state index contributed by atoms with van der Waals surface area (Å²) >= 11 is 0. The van der Waals surface area contributed by atoms with Gasteiger partial charge >= 0.3 is 6.09 Å². The standard InChI is InChI=1S/C37H45FN6O6/c1-23(2)44(25-10-13-47-19-25)34(45)27-14-24(38)6-7-30(27)49-32-17-39-22-41-33(32)43-20-37(21-43)15-26(16-37)48-31-8-11-40-29-9-12-42(18-28(29)31)35(46)50-36(3,4)5/h6-8,11,14,17,22-23,25-26H,9-10,12-13,15-16,18-21H2,1-5H3/t25-/m0/s1. The lowest BCUT2D eigenvalue weighted by Gasteiger charge is -2.59. The Hall–Kier alpha value is -4.52. The third-order valence-corrected chi connectivity index (χ3v) is 9.83. The Labute approximate surface area is 291 Å². The zero-order chi connectivity index (χ0) is 35.2. The molecular formula is C37H45FN6O6. The van der Waals surface area contributed by atoms with Crippen LogP contribution in [0.2, 0.25) is 0 Å². The summed E-state index contributed by atoms with van der Waals surface area (Å²) < 4.78 is 38.5. The van der Waals surface area contributed by atoms with Crippen molar-refractivity contribution >= 4 is 17.8 Å². The Kier molecular flexibility index (Phi) is 9.04. The number of fused-ring (bicyclic) bond motifs is 1. The zero-order valence-corrected chi connectivity index (χ0v) is 29.4. The maximum Gasteiger partial charge on any atom is 0.410 e. The first-order valence-electron chi connectivity index (χ1n) is 17.4. The van der Waals surface area contributed by atoms with Gasteiger partial charge in [0.25, 0.3) is 5.91 Å². The van der Waals surface area contributed by atoms with Crippen LogP contribution >= 0.6 is 0 Å². The summed E-state index contributed by atoms with van der Waals surface area (Å²) in [6.07, 6.45) is 7.68. The van der Waals surface area contributed by atoms with Crippen LogP contribution in [0.5, 0.6) is 17.2 Å². The third-order valence-electron chi connectivity index (χ3n) is 9.83. The number of anilines is 1. The molecule has 2 aromatic heterocycles. The highest BCUT2D eigenvalue weighted by Crippen LogP contribution is 2.52. The summed E-state index contributed by atoms with van der Waals surface area (Å²) in [5, 5.41) is 0. The summed E-state index contributed by atoms with van der Waals surface area (Å²) in [5.41, 5.74) is 1.56. The lowest BCUT2D eigenvalue weighted by atomic mass is 9.61. The molecule has 1 aromatic carbocycles. The second-order valence-corrected chi connectivity index (χ2v) is 15.2. The number of aromatic nitrogens is 3. The average molecular weight is 689 g/mol. The highest BCUT2D eigenvalue weighted by atomic mass is 19.1. The molecule has 3 fully saturated rings. The van der Waals surface area contributed by atoms with E-state index in [-0.39, 0.29) is 46.9 Å². The van der Waals surface area contributed by atoms with Gasteiger partial charge in [-0.3, -0.25) is 9.78 Å². The fourth-order valence-electron chi connectivity index (χ4n) is 7.54. The number of ether oxygens (including phenoxy) is 4. The largest absolute Gasteiger partial charge is 0.490 e. The molecule has 7 rings (SSSR count). The van der Waals surface area contributed by atoms with Crippen LogP contribution in [0.25, 0.3) is 0 Å². The summed E-state index contributed by atoms with van der Waals surface area (Å²) in [7, 11) is 0. The first-order chi connectivity index (χ1) is 23.9. The molecule has 1 aliphatic carbocycles. The van der Waals surface area contributed by atoms with Crippen LogP contribution in [0.15, 0.2) is 43.0 Å².